The number of pyridine rings is 1. The van der Waals surface area contributed by atoms with Gasteiger partial charge in [0.1, 0.15) is 12.2 Å². The van der Waals surface area contributed by atoms with Crippen molar-refractivity contribution in [2.75, 3.05) is 0 Å². The minimum absolute atomic E-state index is 0. The van der Waals surface area contributed by atoms with Gasteiger partial charge in [0.15, 0.2) is 0 Å². The number of carbonyl (C=O) groups is 1. The third-order valence-electron chi connectivity index (χ3n) is 2.36. The van der Waals surface area contributed by atoms with Gasteiger partial charge >= 0.3 is 0 Å². The molecule has 0 aliphatic carbocycles. The number of aromatic nitrogens is 4. The van der Waals surface area contributed by atoms with E-state index in [0.717, 1.165) is 12.1 Å². The van der Waals surface area contributed by atoms with E-state index in [2.05, 4.69) is 21.3 Å². The fourth-order valence-electron chi connectivity index (χ4n) is 1.40. The van der Waals surface area contributed by atoms with Crippen LogP contribution >= 0.6 is 0 Å². The van der Waals surface area contributed by atoms with E-state index in [9.17, 15) is 4.79 Å². The smallest absolute Gasteiger partial charge is 0.126 e. The Morgan fingerprint density at radius 2 is 2.21 bits per heavy atom. The van der Waals surface area contributed by atoms with Crippen LogP contribution in [0.3, 0.4) is 0 Å². The molecule has 0 aliphatic heterocycles. The molecule has 0 aromatic carbocycles. The van der Waals surface area contributed by atoms with E-state index in [-0.39, 0.29) is 59.5 Å². The van der Waals surface area contributed by atoms with E-state index in [1.54, 1.807) is 11.0 Å². The summed E-state index contributed by atoms with van der Waals surface area (Å²) in [6.45, 7) is 4.50. The zero-order chi connectivity index (χ0) is 12.4. The summed E-state index contributed by atoms with van der Waals surface area (Å²) in [5.41, 5.74) is 8.51. The van der Waals surface area contributed by atoms with Crippen LogP contribution in [0.4, 0.5) is 0 Å². The van der Waals surface area contributed by atoms with Gasteiger partial charge in [-0.3, -0.25) is 4.68 Å². The van der Waals surface area contributed by atoms with Crippen LogP contribution in [0.2, 0.25) is 0 Å². The van der Waals surface area contributed by atoms with Crippen LogP contribution in [0.1, 0.15) is 23.0 Å². The Labute approximate surface area is 150 Å². The third-order valence-corrected chi connectivity index (χ3v) is 2.36. The van der Waals surface area contributed by atoms with Crippen molar-refractivity contribution in [2.24, 2.45) is 0 Å². The third kappa shape index (κ3) is 4.26. The maximum atomic E-state index is 10.9. The molecule has 19 heavy (non-hydrogen) atoms. The molecule has 0 spiro atoms. The minimum atomic E-state index is -0.836. The Hall–Kier alpha value is -0.448. The summed E-state index contributed by atoms with van der Waals surface area (Å²) >= 11 is 0. The van der Waals surface area contributed by atoms with Gasteiger partial charge < -0.3 is 15.5 Å². The zero-order valence-corrected chi connectivity index (χ0v) is 16.3. The molecular weight excluding hydrogens is 491 g/mol. The Bertz CT molecular complexity index is 572. The molecule has 2 aromatic rings. The van der Waals surface area contributed by atoms with Crippen LogP contribution in [0.15, 0.2) is 12.4 Å². The van der Waals surface area contributed by atoms with Crippen LogP contribution in [0, 0.1) is 13.1 Å². The predicted molar refractivity (Wildman–Crippen MR) is 61.2 cm³/mol. The molecule has 1 N–H and O–H groups in total. The Morgan fingerprint density at radius 1 is 1.53 bits per heavy atom. The van der Waals surface area contributed by atoms with Gasteiger partial charge in [-0.15, -0.1) is 11.6 Å². The van der Waals surface area contributed by atoms with Crippen molar-refractivity contribution in [3.63, 3.8) is 0 Å². The molecule has 2 rings (SSSR count). The van der Waals surface area contributed by atoms with E-state index in [4.69, 9.17) is 5.73 Å². The standard InChI is InChI=1S/C11H12N5O.W.Y/c1-3-16-6-14-11(15-16)8-4-9(10(12)17)13-5-7(8)2;;/h4,6H,3H2,1-2H3,(H2,12,17);;/q-1;;/p-1. The van der Waals surface area contributed by atoms with Crippen molar-refractivity contribution in [3.05, 3.63) is 35.6 Å². The molecule has 2 aromatic heterocycles. The molecular formula is C11H11N5OWY-2. The summed E-state index contributed by atoms with van der Waals surface area (Å²) in [7, 11) is 0. The fraction of sp³-hybridized carbons (Fsp3) is 0.273. The van der Waals surface area contributed by atoms with Gasteiger partial charge in [-0.25, -0.2) is 4.98 Å². The summed E-state index contributed by atoms with van der Waals surface area (Å²) < 4.78 is 1.69. The second kappa shape index (κ2) is 7.98. The van der Waals surface area contributed by atoms with Crippen LogP contribution in [-0.2, 0) is 60.3 Å². The van der Waals surface area contributed by atoms with Crippen LogP contribution in [0.5, 0.6) is 0 Å². The number of amides is 1. The van der Waals surface area contributed by atoms with E-state index in [1.807, 2.05) is 13.8 Å². The molecule has 8 heteroatoms. The second-order valence-corrected chi connectivity index (χ2v) is 3.54. The SMILES string of the molecule is CCn1cnc(-c2cc(C([NH-])=O)n[c-]c2C)n1.[W].[Y]. The summed E-state index contributed by atoms with van der Waals surface area (Å²) in [5.74, 6) is -0.317. The normalized spacial score (nSPS) is 9.37. The van der Waals surface area contributed by atoms with Crippen molar-refractivity contribution >= 4 is 5.91 Å². The van der Waals surface area contributed by atoms with Gasteiger partial charge in [-0.1, -0.05) is 18.7 Å². The summed E-state index contributed by atoms with van der Waals surface area (Å²) in [6.07, 6.45) is 4.32. The van der Waals surface area contributed by atoms with Crippen LogP contribution < -0.4 is 0 Å². The van der Waals surface area contributed by atoms with Crippen LogP contribution in [0.25, 0.3) is 17.1 Å². The molecule has 6 nitrogen and oxygen atoms in total. The summed E-state index contributed by atoms with van der Waals surface area (Å²) in [6, 6.07) is 1.52. The van der Waals surface area contributed by atoms with Crippen molar-refractivity contribution < 1.29 is 58.6 Å². The Balaban J connectivity index is 0.00000162. The first-order valence-corrected chi connectivity index (χ1v) is 5.17. The maximum absolute atomic E-state index is 10.9. The molecule has 2 heterocycles. The average molecular weight is 502 g/mol. The monoisotopic (exact) mass is 502 g/mol. The van der Waals surface area contributed by atoms with Gasteiger partial charge in [-0.2, -0.15) is 5.10 Å². The topological polar surface area (TPSA) is 84.5 Å². The number of hydrogen-bond donors (Lipinski definition) is 0. The summed E-state index contributed by atoms with van der Waals surface area (Å²) in [4.78, 5) is 18.9. The Morgan fingerprint density at radius 3 is 2.74 bits per heavy atom. The van der Waals surface area contributed by atoms with Gasteiger partial charge in [-0.05, 0) is 12.6 Å². The largest absolute Gasteiger partial charge is 0.673 e. The number of rotatable bonds is 3. The van der Waals surface area contributed by atoms with E-state index in [0.29, 0.717) is 11.4 Å². The molecule has 1 amide bonds. The average Bonchev–Trinajstić information content (AvgIpc) is 2.77. The van der Waals surface area contributed by atoms with Crippen molar-refractivity contribution in [1.29, 1.82) is 0 Å². The van der Waals surface area contributed by atoms with Crippen LogP contribution in [-0.4, -0.2) is 25.7 Å². The zero-order valence-electron chi connectivity index (χ0n) is 10.5. The van der Waals surface area contributed by atoms with Crippen molar-refractivity contribution in [3.8, 4) is 11.4 Å². The van der Waals surface area contributed by atoms with Gasteiger partial charge in [0.2, 0.25) is 0 Å². The molecule has 0 saturated heterocycles. The number of nitrogens with one attached hydrogen (secondary N) is 1. The van der Waals surface area contributed by atoms with E-state index in [1.165, 1.54) is 6.07 Å². The Kier molecular flexibility index (Phi) is 7.79. The first-order valence-electron chi connectivity index (χ1n) is 5.17. The van der Waals surface area contributed by atoms with E-state index < -0.39 is 5.91 Å². The quantitative estimate of drug-likeness (QED) is 0.599. The maximum Gasteiger partial charge on any atom is 0.126 e. The van der Waals surface area contributed by atoms with Crippen molar-refractivity contribution in [2.45, 2.75) is 20.4 Å². The molecule has 0 atom stereocenters. The molecule has 0 bridgehead atoms. The second-order valence-electron chi connectivity index (χ2n) is 3.54. The molecule has 0 fully saturated rings. The van der Waals surface area contributed by atoms with Crippen molar-refractivity contribution in [1.82, 2.24) is 19.7 Å². The van der Waals surface area contributed by atoms with Gasteiger partial charge in [0.25, 0.3) is 0 Å². The molecule has 0 saturated carbocycles. The molecule has 1 radical (unpaired) electrons. The summed E-state index contributed by atoms with van der Waals surface area (Å²) in [5, 5.41) is 4.25. The number of carbonyl (C=O) groups excluding carboxylic acids is 1. The van der Waals surface area contributed by atoms with Gasteiger partial charge in [0.05, 0.1) is 0 Å². The molecule has 97 valence electrons. The van der Waals surface area contributed by atoms with E-state index >= 15 is 0 Å². The first kappa shape index (κ1) is 18.6. The fourth-order valence-corrected chi connectivity index (χ4v) is 1.40. The number of aryl methyl sites for hydroxylation is 2. The first-order chi connectivity index (χ1) is 8.11. The number of nitrogens with zero attached hydrogens (tertiary/aromatic N) is 4. The molecule has 0 aliphatic rings. The number of hydrogen-bond acceptors (Lipinski definition) is 4. The van der Waals surface area contributed by atoms with Gasteiger partial charge in [0, 0.05) is 66.2 Å². The minimum Gasteiger partial charge on any atom is -0.673 e. The molecule has 0 unspecified atom stereocenters. The predicted octanol–water partition coefficient (Wildman–Crippen LogP) is 1.66.